The van der Waals surface area contributed by atoms with Gasteiger partial charge < -0.3 is 5.32 Å². The van der Waals surface area contributed by atoms with E-state index in [0.717, 1.165) is 11.1 Å². The summed E-state index contributed by atoms with van der Waals surface area (Å²) in [6.07, 6.45) is 9.02. The third-order valence-corrected chi connectivity index (χ3v) is 1.37. The van der Waals surface area contributed by atoms with Gasteiger partial charge >= 0.3 is 0 Å². The van der Waals surface area contributed by atoms with Crippen molar-refractivity contribution >= 4 is 0 Å². The maximum atomic E-state index is 3.70. The highest BCUT2D eigenvalue weighted by molar-refractivity contribution is 5.46. The molecule has 0 amide bonds. The molecule has 0 unspecified atom stereocenters. The molecule has 0 radical (unpaired) electrons. The van der Waals surface area contributed by atoms with E-state index in [1.807, 2.05) is 19.3 Å². The summed E-state index contributed by atoms with van der Waals surface area (Å²) in [5.74, 6) is 0. The van der Waals surface area contributed by atoms with Crippen molar-refractivity contribution in [3.8, 4) is 0 Å². The summed E-state index contributed by atoms with van der Waals surface area (Å²) in [6.45, 7) is 11.0. The van der Waals surface area contributed by atoms with Crippen molar-refractivity contribution in [1.82, 2.24) is 5.32 Å². The smallest absolute Gasteiger partial charge is 0.00410 e. The van der Waals surface area contributed by atoms with Gasteiger partial charge in [-0.25, -0.2) is 0 Å². The molecule has 12 heavy (non-hydrogen) atoms. The molecular weight excluding hydrogens is 146 g/mol. The molecule has 1 heteroatoms. The summed E-state index contributed by atoms with van der Waals surface area (Å²) in [7, 11) is 1.85. The Morgan fingerprint density at radius 1 is 1.08 bits per heavy atom. The fourth-order valence-corrected chi connectivity index (χ4v) is 0.825. The summed E-state index contributed by atoms with van der Waals surface area (Å²) in [5.41, 5.74) is 2.02. The predicted molar refractivity (Wildman–Crippen MR) is 55.8 cm³/mol. The fourth-order valence-electron chi connectivity index (χ4n) is 0.825. The second-order valence-corrected chi connectivity index (χ2v) is 2.15. The van der Waals surface area contributed by atoms with Gasteiger partial charge in [0.2, 0.25) is 0 Å². The molecule has 0 spiro atoms. The molecule has 0 aliphatic heterocycles. The van der Waals surface area contributed by atoms with Crippen LogP contribution in [0.1, 0.15) is 0 Å². The van der Waals surface area contributed by atoms with Gasteiger partial charge in [-0.1, -0.05) is 44.0 Å². The second-order valence-electron chi connectivity index (χ2n) is 2.15. The Hall–Kier alpha value is -1.50. The maximum absolute atomic E-state index is 3.70. The Morgan fingerprint density at radius 3 is 2.00 bits per heavy atom. The molecule has 0 heterocycles. The Labute approximate surface area is 74.5 Å². The van der Waals surface area contributed by atoms with Crippen molar-refractivity contribution in [2.75, 3.05) is 7.05 Å². The summed E-state index contributed by atoms with van der Waals surface area (Å²) < 4.78 is 0. The average Bonchev–Trinajstić information content (AvgIpc) is 2.11. The summed E-state index contributed by atoms with van der Waals surface area (Å²) in [4.78, 5) is 0. The maximum Gasteiger partial charge on any atom is 0.00410 e. The first-order chi connectivity index (χ1) is 5.79. The molecule has 1 N–H and O–H groups in total. The quantitative estimate of drug-likeness (QED) is 0.611. The molecule has 0 fully saturated rings. The fraction of sp³-hybridized carbons (Fsp3) is 0.0909. The van der Waals surface area contributed by atoms with E-state index in [-0.39, 0.29) is 0 Å². The van der Waals surface area contributed by atoms with Gasteiger partial charge in [0, 0.05) is 13.2 Å². The van der Waals surface area contributed by atoms with Gasteiger partial charge in [-0.3, -0.25) is 0 Å². The van der Waals surface area contributed by atoms with Gasteiger partial charge in [-0.05, 0) is 11.1 Å². The van der Waals surface area contributed by atoms with Crippen LogP contribution in [0.25, 0.3) is 0 Å². The van der Waals surface area contributed by atoms with E-state index in [1.165, 1.54) is 0 Å². The molecular formula is C11H15N. The van der Waals surface area contributed by atoms with Crippen LogP contribution in [0.2, 0.25) is 0 Å². The lowest BCUT2D eigenvalue weighted by Crippen LogP contribution is -1.96. The summed E-state index contributed by atoms with van der Waals surface area (Å²) in [5, 5.41) is 2.94. The van der Waals surface area contributed by atoms with Crippen molar-refractivity contribution in [1.29, 1.82) is 0 Å². The SMILES string of the molecule is C=C/C=C(C=C)/C(C=C)=C/NC. The van der Waals surface area contributed by atoms with Crippen LogP contribution in [0.5, 0.6) is 0 Å². The van der Waals surface area contributed by atoms with E-state index in [1.54, 1.807) is 18.2 Å². The van der Waals surface area contributed by atoms with Crippen molar-refractivity contribution in [2.45, 2.75) is 0 Å². The molecule has 1 nitrogen and oxygen atoms in total. The third kappa shape index (κ3) is 3.06. The van der Waals surface area contributed by atoms with E-state index in [9.17, 15) is 0 Å². The Balaban J connectivity index is 4.79. The summed E-state index contributed by atoms with van der Waals surface area (Å²) in [6, 6.07) is 0. The molecule has 0 rings (SSSR count). The number of rotatable bonds is 5. The van der Waals surface area contributed by atoms with Crippen molar-refractivity contribution in [2.24, 2.45) is 0 Å². The monoisotopic (exact) mass is 161 g/mol. The van der Waals surface area contributed by atoms with Crippen molar-refractivity contribution in [3.63, 3.8) is 0 Å². The highest BCUT2D eigenvalue weighted by Gasteiger charge is 1.93. The number of allylic oxidation sites excluding steroid dienone is 6. The third-order valence-electron chi connectivity index (χ3n) is 1.37. The van der Waals surface area contributed by atoms with Crippen LogP contribution in [0.15, 0.2) is 61.4 Å². The standard InChI is InChI=1S/C11H15N/c1-5-8-10(6-2)11(7-3)9-12-4/h5-9,12H,1-3H2,4H3/b10-8+,11-9+. The van der Waals surface area contributed by atoms with Crippen molar-refractivity contribution in [3.05, 3.63) is 61.4 Å². The van der Waals surface area contributed by atoms with Crippen LogP contribution < -0.4 is 5.32 Å². The molecule has 0 atom stereocenters. The minimum Gasteiger partial charge on any atom is -0.393 e. The molecule has 64 valence electrons. The van der Waals surface area contributed by atoms with Crippen LogP contribution in [-0.4, -0.2) is 7.05 Å². The molecule has 0 saturated heterocycles. The lowest BCUT2D eigenvalue weighted by Gasteiger charge is -2.01. The zero-order valence-corrected chi connectivity index (χ0v) is 7.51. The predicted octanol–water partition coefficient (Wildman–Crippen LogP) is 2.57. The molecule has 0 bridgehead atoms. The minimum absolute atomic E-state index is 1.01. The highest BCUT2D eigenvalue weighted by atomic mass is 14.8. The van der Waals surface area contributed by atoms with Crippen LogP contribution >= 0.6 is 0 Å². The van der Waals surface area contributed by atoms with Gasteiger partial charge in [0.25, 0.3) is 0 Å². The minimum atomic E-state index is 1.01. The van der Waals surface area contributed by atoms with Crippen LogP contribution in [0.4, 0.5) is 0 Å². The van der Waals surface area contributed by atoms with E-state index >= 15 is 0 Å². The molecule has 0 saturated carbocycles. The Bertz CT molecular complexity index is 231. The van der Waals surface area contributed by atoms with Crippen LogP contribution in [-0.2, 0) is 0 Å². The van der Waals surface area contributed by atoms with Gasteiger partial charge in [0.15, 0.2) is 0 Å². The largest absolute Gasteiger partial charge is 0.393 e. The molecule has 0 aromatic carbocycles. The van der Waals surface area contributed by atoms with E-state index < -0.39 is 0 Å². The number of hydrogen-bond donors (Lipinski definition) is 1. The van der Waals surface area contributed by atoms with Gasteiger partial charge in [-0.2, -0.15) is 0 Å². The first kappa shape index (κ1) is 10.5. The average molecular weight is 161 g/mol. The lowest BCUT2D eigenvalue weighted by atomic mass is 10.1. The normalized spacial score (nSPS) is 12.1. The number of hydrogen-bond acceptors (Lipinski definition) is 1. The Kier molecular flexibility index (Phi) is 5.45. The Morgan fingerprint density at radius 2 is 1.67 bits per heavy atom. The van der Waals surface area contributed by atoms with Crippen LogP contribution in [0, 0.1) is 0 Å². The summed E-state index contributed by atoms with van der Waals surface area (Å²) >= 11 is 0. The van der Waals surface area contributed by atoms with E-state index in [0.29, 0.717) is 0 Å². The topological polar surface area (TPSA) is 12.0 Å². The molecule has 0 aliphatic rings. The second kappa shape index (κ2) is 6.23. The highest BCUT2D eigenvalue weighted by Crippen LogP contribution is 2.10. The molecule has 0 aromatic rings. The lowest BCUT2D eigenvalue weighted by molar-refractivity contribution is 1.09. The molecule has 0 aromatic heterocycles. The first-order valence-electron chi connectivity index (χ1n) is 3.75. The van der Waals surface area contributed by atoms with Crippen molar-refractivity contribution < 1.29 is 0 Å². The number of nitrogens with one attached hydrogen (secondary N) is 1. The van der Waals surface area contributed by atoms with E-state index in [4.69, 9.17) is 0 Å². The van der Waals surface area contributed by atoms with Gasteiger partial charge in [0.1, 0.15) is 0 Å². The van der Waals surface area contributed by atoms with Gasteiger partial charge in [-0.15, -0.1) is 0 Å². The zero-order valence-electron chi connectivity index (χ0n) is 7.51. The first-order valence-corrected chi connectivity index (χ1v) is 3.75. The van der Waals surface area contributed by atoms with E-state index in [2.05, 4.69) is 25.1 Å². The molecule has 0 aliphatic carbocycles. The zero-order chi connectivity index (χ0) is 9.40. The van der Waals surface area contributed by atoms with Crippen LogP contribution in [0.3, 0.4) is 0 Å². The van der Waals surface area contributed by atoms with Gasteiger partial charge in [0.05, 0.1) is 0 Å².